The van der Waals surface area contributed by atoms with Crippen molar-refractivity contribution < 1.29 is 9.59 Å². The Morgan fingerprint density at radius 3 is 2.33 bits per heavy atom. The Balaban J connectivity index is 1.93. The zero-order valence-corrected chi connectivity index (χ0v) is 14.1. The largest absolute Gasteiger partial charge is 0.301 e. The van der Waals surface area contributed by atoms with Gasteiger partial charge in [-0.1, -0.05) is 20.8 Å². The summed E-state index contributed by atoms with van der Waals surface area (Å²) < 4.78 is 0. The van der Waals surface area contributed by atoms with Gasteiger partial charge in [0.15, 0.2) is 5.13 Å². The summed E-state index contributed by atoms with van der Waals surface area (Å²) in [5.41, 5.74) is -0.292. The monoisotopic (exact) mass is 306 g/mol. The normalized spacial score (nSPS) is 33.5. The summed E-state index contributed by atoms with van der Waals surface area (Å²) in [6.07, 6.45) is 1.96. The van der Waals surface area contributed by atoms with E-state index in [0.717, 1.165) is 23.4 Å². The molecule has 0 unspecified atom stereocenters. The van der Waals surface area contributed by atoms with Crippen molar-refractivity contribution in [2.45, 2.75) is 53.9 Å². The van der Waals surface area contributed by atoms with Gasteiger partial charge in [-0.15, -0.1) is 11.3 Å². The predicted octanol–water partition coefficient (Wildman–Crippen LogP) is 3.48. The Morgan fingerprint density at radius 2 is 1.90 bits per heavy atom. The first-order chi connectivity index (χ1) is 9.64. The van der Waals surface area contributed by atoms with Crippen LogP contribution in [0.3, 0.4) is 0 Å². The van der Waals surface area contributed by atoms with Crippen molar-refractivity contribution in [2.24, 2.45) is 16.2 Å². The van der Waals surface area contributed by atoms with Gasteiger partial charge in [-0.05, 0) is 32.1 Å². The molecule has 4 nitrogen and oxygen atoms in total. The molecule has 2 fully saturated rings. The van der Waals surface area contributed by atoms with E-state index in [4.69, 9.17) is 0 Å². The molecule has 2 aliphatic carbocycles. The molecule has 0 saturated heterocycles. The Labute approximate surface area is 129 Å². The molecule has 5 heteroatoms. The summed E-state index contributed by atoms with van der Waals surface area (Å²) in [7, 11) is 0. The number of thiazole rings is 1. The fourth-order valence-electron chi connectivity index (χ4n) is 4.10. The fraction of sp³-hybridized carbons (Fsp3) is 0.688. The first kappa shape index (κ1) is 14.7. The van der Waals surface area contributed by atoms with Gasteiger partial charge in [0.05, 0.1) is 11.1 Å². The minimum atomic E-state index is -0.577. The van der Waals surface area contributed by atoms with E-state index in [1.54, 1.807) is 0 Å². The lowest BCUT2D eigenvalue weighted by molar-refractivity contribution is -0.131. The highest BCUT2D eigenvalue weighted by Crippen LogP contribution is 2.70. The number of hydrogen-bond donors (Lipinski definition) is 1. The summed E-state index contributed by atoms with van der Waals surface area (Å²) in [4.78, 5) is 30.8. The van der Waals surface area contributed by atoms with Crippen LogP contribution in [0.2, 0.25) is 0 Å². The number of anilines is 1. The molecule has 3 rings (SSSR count). The molecule has 2 bridgehead atoms. The second kappa shape index (κ2) is 4.15. The lowest BCUT2D eigenvalue weighted by Gasteiger charge is -2.38. The number of aromatic nitrogens is 1. The summed E-state index contributed by atoms with van der Waals surface area (Å²) in [6, 6.07) is 0. The number of fused-ring (bicyclic) bond motifs is 2. The molecular weight excluding hydrogens is 284 g/mol. The van der Waals surface area contributed by atoms with Crippen LogP contribution in [0, 0.1) is 30.1 Å². The van der Waals surface area contributed by atoms with Crippen molar-refractivity contribution >= 4 is 28.2 Å². The molecule has 2 aliphatic rings. The van der Waals surface area contributed by atoms with Gasteiger partial charge < -0.3 is 5.32 Å². The average molecular weight is 306 g/mol. The summed E-state index contributed by atoms with van der Waals surface area (Å²) >= 11 is 1.50. The number of Topliss-reactive ketones (excluding diaryl/α,β-unsaturated/α-hetero) is 1. The van der Waals surface area contributed by atoms with Gasteiger partial charge in [0.25, 0.3) is 0 Å². The third-order valence-electron chi connectivity index (χ3n) is 6.39. The second-order valence-electron chi connectivity index (χ2n) is 7.25. The van der Waals surface area contributed by atoms with E-state index in [1.165, 1.54) is 11.3 Å². The first-order valence-electron chi connectivity index (χ1n) is 7.43. The Hall–Kier alpha value is -1.23. The molecular formula is C16H22N2O2S. The Kier molecular flexibility index (Phi) is 2.91. The van der Waals surface area contributed by atoms with Gasteiger partial charge in [0.1, 0.15) is 5.78 Å². The highest BCUT2D eigenvalue weighted by atomic mass is 32.1. The lowest BCUT2D eigenvalue weighted by atomic mass is 9.64. The zero-order chi connectivity index (χ0) is 15.6. The standard InChI is InChI=1S/C16H22N2O2S/c1-9-10(2)21-13(17-9)18-12(20)16-7-6-15(5,11(19)8-16)14(16,3)4/h6-8H2,1-5H3,(H,17,18,20)/t15-,16+/m1/s1. The van der Waals surface area contributed by atoms with E-state index < -0.39 is 5.41 Å². The van der Waals surface area contributed by atoms with Crippen molar-refractivity contribution in [1.82, 2.24) is 4.98 Å². The predicted molar refractivity (Wildman–Crippen MR) is 83.4 cm³/mol. The average Bonchev–Trinajstić information content (AvgIpc) is 2.85. The van der Waals surface area contributed by atoms with Crippen LogP contribution >= 0.6 is 11.3 Å². The van der Waals surface area contributed by atoms with Crippen LogP contribution in [0.15, 0.2) is 0 Å². The number of ketones is 1. The van der Waals surface area contributed by atoms with Crippen LogP contribution in [-0.4, -0.2) is 16.7 Å². The molecule has 2 saturated carbocycles. The van der Waals surface area contributed by atoms with Crippen LogP contribution in [0.4, 0.5) is 5.13 Å². The Morgan fingerprint density at radius 1 is 1.24 bits per heavy atom. The first-order valence-corrected chi connectivity index (χ1v) is 8.24. The second-order valence-corrected chi connectivity index (χ2v) is 8.46. The Bertz CT molecular complexity index is 629. The van der Waals surface area contributed by atoms with Crippen LogP contribution in [0.1, 0.15) is 50.6 Å². The highest BCUT2D eigenvalue weighted by Gasteiger charge is 2.72. The van der Waals surface area contributed by atoms with Crippen LogP contribution in [0.5, 0.6) is 0 Å². The molecule has 0 aromatic carbocycles. The topological polar surface area (TPSA) is 59.1 Å². The van der Waals surface area contributed by atoms with Gasteiger partial charge in [-0.3, -0.25) is 9.59 Å². The van der Waals surface area contributed by atoms with E-state index in [0.29, 0.717) is 11.6 Å². The molecule has 21 heavy (non-hydrogen) atoms. The molecule has 0 aliphatic heterocycles. The van der Waals surface area contributed by atoms with Gasteiger partial charge in [0, 0.05) is 16.7 Å². The molecule has 1 heterocycles. The van der Waals surface area contributed by atoms with Crippen LogP contribution in [0.25, 0.3) is 0 Å². The number of carbonyl (C=O) groups is 2. The van der Waals surface area contributed by atoms with Gasteiger partial charge in [-0.2, -0.15) is 0 Å². The van der Waals surface area contributed by atoms with E-state index in [9.17, 15) is 9.59 Å². The molecule has 1 N–H and O–H groups in total. The van der Waals surface area contributed by atoms with Crippen molar-refractivity contribution in [3.05, 3.63) is 10.6 Å². The molecule has 0 radical (unpaired) electrons. The number of hydrogen-bond acceptors (Lipinski definition) is 4. The quantitative estimate of drug-likeness (QED) is 0.910. The number of carbonyl (C=O) groups excluding carboxylic acids is 2. The maximum absolute atomic E-state index is 12.9. The zero-order valence-electron chi connectivity index (χ0n) is 13.3. The lowest BCUT2D eigenvalue weighted by Crippen LogP contribution is -2.43. The molecule has 1 aromatic heterocycles. The molecule has 1 amide bonds. The summed E-state index contributed by atoms with van der Waals surface area (Å²) in [5.74, 6) is 0.205. The summed E-state index contributed by atoms with van der Waals surface area (Å²) in [6.45, 7) is 10.1. The van der Waals surface area contributed by atoms with Crippen molar-refractivity contribution in [3.8, 4) is 0 Å². The fourth-order valence-corrected chi connectivity index (χ4v) is 4.91. The third-order valence-corrected chi connectivity index (χ3v) is 7.38. The summed E-state index contributed by atoms with van der Waals surface area (Å²) in [5, 5.41) is 3.62. The minimum Gasteiger partial charge on any atom is -0.301 e. The maximum atomic E-state index is 12.9. The van der Waals surface area contributed by atoms with Crippen molar-refractivity contribution in [3.63, 3.8) is 0 Å². The van der Waals surface area contributed by atoms with E-state index >= 15 is 0 Å². The van der Waals surface area contributed by atoms with Crippen molar-refractivity contribution in [2.75, 3.05) is 5.32 Å². The highest BCUT2D eigenvalue weighted by molar-refractivity contribution is 7.15. The number of aryl methyl sites for hydroxylation is 2. The number of amides is 1. The molecule has 0 spiro atoms. The maximum Gasteiger partial charge on any atom is 0.233 e. The van der Waals surface area contributed by atoms with Gasteiger partial charge in [-0.25, -0.2) is 4.98 Å². The number of rotatable bonds is 2. The molecule has 2 atom stereocenters. The molecule has 1 aromatic rings. The van der Waals surface area contributed by atoms with E-state index in [-0.39, 0.29) is 22.5 Å². The smallest absolute Gasteiger partial charge is 0.233 e. The molecule has 114 valence electrons. The minimum absolute atomic E-state index is 0.0316. The van der Waals surface area contributed by atoms with Crippen LogP contribution < -0.4 is 5.32 Å². The van der Waals surface area contributed by atoms with Crippen LogP contribution in [-0.2, 0) is 9.59 Å². The van der Waals surface area contributed by atoms with Gasteiger partial charge in [0.2, 0.25) is 5.91 Å². The van der Waals surface area contributed by atoms with E-state index in [2.05, 4.69) is 24.1 Å². The third kappa shape index (κ3) is 1.64. The number of nitrogens with zero attached hydrogens (tertiary/aromatic N) is 1. The van der Waals surface area contributed by atoms with E-state index in [1.807, 2.05) is 20.8 Å². The van der Waals surface area contributed by atoms with Crippen molar-refractivity contribution in [1.29, 1.82) is 0 Å². The van der Waals surface area contributed by atoms with Gasteiger partial charge >= 0.3 is 0 Å². The number of nitrogens with one attached hydrogen (secondary N) is 1. The SMILES string of the molecule is Cc1nc(NC(=O)[C@]23CC[C@](C)(C(=O)C2)C3(C)C)sc1C.